The molecule has 1 aromatic heterocycles. The van der Waals surface area contributed by atoms with E-state index in [9.17, 15) is 4.79 Å². The lowest BCUT2D eigenvalue weighted by Gasteiger charge is -2.19. The van der Waals surface area contributed by atoms with Crippen LogP contribution in [0.2, 0.25) is 0 Å². The molecule has 0 spiro atoms. The molecule has 4 rings (SSSR count). The summed E-state index contributed by atoms with van der Waals surface area (Å²) < 4.78 is 36.1. The Balaban J connectivity index is 1.60. The van der Waals surface area contributed by atoms with Gasteiger partial charge >= 0.3 is 5.97 Å². The number of hydrogen-bond acceptors (Lipinski definition) is 3. The van der Waals surface area contributed by atoms with Crippen LogP contribution in [-0.2, 0) is 10.2 Å². The molecule has 1 heterocycles. The van der Waals surface area contributed by atoms with E-state index in [2.05, 4.69) is 4.98 Å². The van der Waals surface area contributed by atoms with Crippen LogP contribution in [0.25, 0.3) is 11.1 Å². The summed E-state index contributed by atoms with van der Waals surface area (Å²) in [6.07, 6.45) is 8.17. The molecule has 2 aliphatic carbocycles. The maximum Gasteiger partial charge on any atom is 0.303 e. The minimum absolute atomic E-state index is 0.0145. The van der Waals surface area contributed by atoms with Crippen molar-refractivity contribution in [3.63, 3.8) is 0 Å². The SMILES string of the molecule is O=C(O)CCCC1(c2c(F)cc(-c3cccnc3OC3CCCC3)cc2F)CC1. The number of carboxylic acids is 1. The van der Waals surface area contributed by atoms with Gasteiger partial charge in [-0.1, -0.05) is 0 Å². The summed E-state index contributed by atoms with van der Waals surface area (Å²) in [7, 11) is 0. The third-order valence-corrected chi connectivity index (χ3v) is 6.13. The zero-order valence-corrected chi connectivity index (χ0v) is 16.3. The van der Waals surface area contributed by atoms with Gasteiger partial charge in [-0.25, -0.2) is 13.8 Å². The zero-order chi connectivity index (χ0) is 20.4. The number of benzene rings is 1. The molecule has 0 amide bonds. The Morgan fingerprint density at radius 1 is 1.21 bits per heavy atom. The number of nitrogens with zero attached hydrogens (tertiary/aromatic N) is 1. The van der Waals surface area contributed by atoms with Crippen LogP contribution in [0, 0.1) is 11.6 Å². The number of aromatic nitrogens is 1. The molecule has 154 valence electrons. The quantitative estimate of drug-likeness (QED) is 0.622. The number of carbonyl (C=O) groups is 1. The van der Waals surface area contributed by atoms with E-state index in [0.717, 1.165) is 25.7 Å². The van der Waals surface area contributed by atoms with Crippen LogP contribution in [0.3, 0.4) is 0 Å². The molecule has 4 nitrogen and oxygen atoms in total. The fourth-order valence-corrected chi connectivity index (χ4v) is 4.46. The molecule has 2 aliphatic rings. The van der Waals surface area contributed by atoms with Gasteiger partial charge in [-0.3, -0.25) is 4.79 Å². The normalized spacial score (nSPS) is 18.0. The highest BCUT2D eigenvalue weighted by molar-refractivity contribution is 5.69. The molecule has 0 atom stereocenters. The topological polar surface area (TPSA) is 59.4 Å². The number of rotatable bonds is 8. The van der Waals surface area contributed by atoms with Crippen molar-refractivity contribution in [2.45, 2.75) is 69.3 Å². The lowest BCUT2D eigenvalue weighted by Crippen LogP contribution is -2.14. The third-order valence-electron chi connectivity index (χ3n) is 6.13. The van der Waals surface area contributed by atoms with Crippen LogP contribution >= 0.6 is 0 Å². The third kappa shape index (κ3) is 4.26. The zero-order valence-electron chi connectivity index (χ0n) is 16.3. The van der Waals surface area contributed by atoms with Gasteiger partial charge in [-0.15, -0.1) is 0 Å². The molecule has 0 aliphatic heterocycles. The molecule has 29 heavy (non-hydrogen) atoms. The molecule has 2 saturated carbocycles. The van der Waals surface area contributed by atoms with Crippen molar-refractivity contribution in [3.8, 4) is 17.0 Å². The van der Waals surface area contributed by atoms with Crippen molar-refractivity contribution in [2.24, 2.45) is 0 Å². The Morgan fingerprint density at radius 3 is 2.52 bits per heavy atom. The number of carboxylic acid groups (broad SMARTS) is 1. The summed E-state index contributed by atoms with van der Waals surface area (Å²) in [6, 6.07) is 6.21. The Labute approximate surface area is 168 Å². The van der Waals surface area contributed by atoms with E-state index < -0.39 is 23.0 Å². The molecule has 2 aromatic rings. The molecule has 0 bridgehead atoms. The molecular weight excluding hydrogens is 376 g/mol. The van der Waals surface area contributed by atoms with Crippen molar-refractivity contribution in [1.82, 2.24) is 4.98 Å². The lowest BCUT2D eigenvalue weighted by molar-refractivity contribution is -0.137. The average molecular weight is 401 g/mol. The molecule has 1 aromatic carbocycles. The van der Waals surface area contributed by atoms with Crippen LogP contribution in [-0.4, -0.2) is 22.2 Å². The number of aliphatic carboxylic acids is 1. The van der Waals surface area contributed by atoms with Crippen molar-refractivity contribution in [1.29, 1.82) is 0 Å². The molecular formula is C23H25F2NO3. The summed E-state index contributed by atoms with van der Waals surface area (Å²) in [4.78, 5) is 15.1. The summed E-state index contributed by atoms with van der Waals surface area (Å²) in [5, 5.41) is 8.83. The van der Waals surface area contributed by atoms with E-state index >= 15 is 8.78 Å². The second-order valence-electron chi connectivity index (χ2n) is 8.22. The van der Waals surface area contributed by atoms with Crippen LogP contribution in [0.4, 0.5) is 8.78 Å². The highest BCUT2D eigenvalue weighted by Crippen LogP contribution is 2.54. The minimum atomic E-state index is -0.886. The standard InChI is InChI=1S/C23H25F2NO3/c24-18-13-15(17-7-4-12-26-22(17)29-16-5-1-2-6-16)14-19(25)21(18)23(10-11-23)9-3-8-20(27)28/h4,7,12-14,16H,1-3,5-6,8-11H2,(H,27,28). The number of pyridine rings is 1. The minimum Gasteiger partial charge on any atom is -0.481 e. The Kier molecular flexibility index (Phi) is 5.52. The monoisotopic (exact) mass is 401 g/mol. The van der Waals surface area contributed by atoms with Gasteiger partial charge < -0.3 is 9.84 Å². The predicted molar refractivity (Wildman–Crippen MR) is 105 cm³/mol. The van der Waals surface area contributed by atoms with Crippen molar-refractivity contribution in [2.75, 3.05) is 0 Å². The molecule has 0 unspecified atom stereocenters. The molecule has 2 fully saturated rings. The average Bonchev–Trinajstić information content (AvgIpc) is 3.25. The van der Waals surface area contributed by atoms with E-state index in [1.165, 1.54) is 12.1 Å². The van der Waals surface area contributed by atoms with Gasteiger partial charge in [0.2, 0.25) is 5.88 Å². The first-order chi connectivity index (χ1) is 14.0. The second kappa shape index (κ2) is 8.09. The summed E-state index contributed by atoms with van der Waals surface area (Å²) in [6.45, 7) is 0. The van der Waals surface area contributed by atoms with Gasteiger partial charge in [-0.2, -0.15) is 0 Å². The molecule has 0 radical (unpaired) electrons. The van der Waals surface area contributed by atoms with Crippen molar-refractivity contribution in [3.05, 3.63) is 47.7 Å². The first-order valence-electron chi connectivity index (χ1n) is 10.3. The summed E-state index contributed by atoms with van der Waals surface area (Å²) >= 11 is 0. The van der Waals surface area contributed by atoms with Gasteiger partial charge in [0.1, 0.15) is 17.7 Å². The van der Waals surface area contributed by atoms with Gasteiger partial charge in [-0.05, 0) is 81.2 Å². The number of halogens is 2. The van der Waals surface area contributed by atoms with Crippen LogP contribution in [0.15, 0.2) is 30.5 Å². The van der Waals surface area contributed by atoms with Crippen molar-refractivity contribution >= 4 is 5.97 Å². The highest BCUT2D eigenvalue weighted by atomic mass is 19.1. The van der Waals surface area contributed by atoms with Gasteiger partial charge in [0.15, 0.2) is 0 Å². The smallest absolute Gasteiger partial charge is 0.303 e. The fraction of sp³-hybridized carbons (Fsp3) is 0.478. The van der Waals surface area contributed by atoms with Crippen LogP contribution in [0.1, 0.15) is 63.4 Å². The first kappa shape index (κ1) is 19.8. The van der Waals surface area contributed by atoms with E-state index in [1.807, 2.05) is 0 Å². The maximum absolute atomic E-state index is 15.0. The van der Waals surface area contributed by atoms with Crippen LogP contribution in [0.5, 0.6) is 5.88 Å². The highest BCUT2D eigenvalue weighted by Gasteiger charge is 2.47. The lowest BCUT2D eigenvalue weighted by atomic mass is 9.88. The van der Waals surface area contributed by atoms with E-state index in [1.54, 1.807) is 18.3 Å². The fourth-order valence-electron chi connectivity index (χ4n) is 4.46. The first-order valence-corrected chi connectivity index (χ1v) is 10.3. The largest absolute Gasteiger partial charge is 0.481 e. The second-order valence-corrected chi connectivity index (χ2v) is 8.22. The van der Waals surface area contributed by atoms with E-state index in [4.69, 9.17) is 9.84 Å². The Hall–Kier alpha value is -2.50. The van der Waals surface area contributed by atoms with Crippen LogP contribution < -0.4 is 4.74 Å². The Morgan fingerprint density at radius 2 is 1.90 bits per heavy atom. The van der Waals surface area contributed by atoms with E-state index in [-0.39, 0.29) is 18.1 Å². The molecule has 0 saturated heterocycles. The Bertz CT molecular complexity index is 882. The number of hydrogen-bond donors (Lipinski definition) is 1. The van der Waals surface area contributed by atoms with Crippen molar-refractivity contribution < 1.29 is 23.4 Å². The van der Waals surface area contributed by atoms with E-state index in [0.29, 0.717) is 42.7 Å². The maximum atomic E-state index is 15.0. The van der Waals surface area contributed by atoms with Gasteiger partial charge in [0.05, 0.1) is 0 Å². The number of ether oxygens (including phenoxy) is 1. The van der Waals surface area contributed by atoms with Gasteiger partial charge in [0.25, 0.3) is 0 Å². The molecule has 1 N–H and O–H groups in total. The summed E-state index contributed by atoms with van der Waals surface area (Å²) in [5.41, 5.74) is 0.514. The molecule has 6 heteroatoms. The summed E-state index contributed by atoms with van der Waals surface area (Å²) in [5.74, 6) is -1.64. The predicted octanol–water partition coefficient (Wildman–Crippen LogP) is 5.63. The van der Waals surface area contributed by atoms with Gasteiger partial charge in [0, 0.05) is 29.2 Å².